The molecule has 0 heterocycles. The first kappa shape index (κ1) is 42.5. The van der Waals surface area contributed by atoms with Crippen molar-refractivity contribution in [3.05, 3.63) is 97.1 Å². The Labute approximate surface area is 255 Å². The molecule has 0 atom stereocenters. The summed E-state index contributed by atoms with van der Waals surface area (Å²) in [7, 11) is 0. The van der Waals surface area contributed by atoms with Gasteiger partial charge in [0.1, 0.15) is 18.3 Å². The maximum Gasteiger partial charge on any atom is 0.343 e. The Morgan fingerprint density at radius 2 is 1.24 bits per heavy atom. The van der Waals surface area contributed by atoms with Gasteiger partial charge in [-0.3, -0.25) is 0 Å². The van der Waals surface area contributed by atoms with E-state index in [1.54, 1.807) is 42.5 Å². The van der Waals surface area contributed by atoms with Crippen molar-refractivity contribution in [3.8, 4) is 11.5 Å². The molecular formula is C36H54O6. The van der Waals surface area contributed by atoms with Crippen LogP contribution in [0.3, 0.4) is 0 Å². The third-order valence-electron chi connectivity index (χ3n) is 5.37. The number of ether oxygens (including phenoxy) is 3. The van der Waals surface area contributed by atoms with E-state index in [1.165, 1.54) is 25.3 Å². The Hall–Kier alpha value is -3.93. The summed E-state index contributed by atoms with van der Waals surface area (Å²) in [6, 6.07) is 12.5. The number of rotatable bonds is 14. The Kier molecular flexibility index (Phi) is 32.0. The molecule has 0 spiro atoms. The lowest BCUT2D eigenvalue weighted by molar-refractivity contribution is -0.137. The van der Waals surface area contributed by atoms with Crippen molar-refractivity contribution in [2.75, 3.05) is 13.2 Å². The lowest BCUT2D eigenvalue weighted by Crippen LogP contribution is -2.08. The van der Waals surface area contributed by atoms with Crippen LogP contribution >= 0.6 is 0 Å². The lowest BCUT2D eigenvalue weighted by atomic mass is 10.1. The van der Waals surface area contributed by atoms with Gasteiger partial charge in [-0.05, 0) is 87.1 Å². The van der Waals surface area contributed by atoms with Crippen molar-refractivity contribution in [1.82, 2.24) is 0 Å². The van der Waals surface area contributed by atoms with Crippen molar-refractivity contribution in [3.63, 3.8) is 0 Å². The number of aryl methyl sites for hydroxylation is 2. The second kappa shape index (κ2) is 31.6. The summed E-state index contributed by atoms with van der Waals surface area (Å²) in [4.78, 5) is 31.2. The van der Waals surface area contributed by atoms with Crippen LogP contribution in [0, 0.1) is 13.8 Å². The molecule has 6 heteroatoms. The standard InChI is InChI=1S/C24H28O5.C5H12.C4H6.C2H6.CH2O/c1-4-23(25)28-16-8-6-5-7-15-27-21-13-10-20(11-14-21)24(26)29-22-12-9-18(2)19(3)17-22;1-3-5-4-2;1-3-4-2;2*1-2/h4,9-14,17H,1,5-8,15-16H2,2-3H3;3-5H2,1-2H3;3-4H,1-2H2;1-2H3;1H2. The van der Waals surface area contributed by atoms with Gasteiger partial charge in [-0.25, -0.2) is 9.59 Å². The van der Waals surface area contributed by atoms with Gasteiger partial charge in [-0.2, -0.15) is 0 Å². The van der Waals surface area contributed by atoms with Gasteiger partial charge in [-0.15, -0.1) is 0 Å². The number of carbonyl (C=O) groups is 3. The smallest absolute Gasteiger partial charge is 0.343 e. The molecule has 0 radical (unpaired) electrons. The van der Waals surface area contributed by atoms with Crippen LogP contribution in [0.2, 0.25) is 0 Å². The third-order valence-corrected chi connectivity index (χ3v) is 5.37. The molecule has 0 N–H and O–H groups in total. The molecule has 0 saturated carbocycles. The van der Waals surface area contributed by atoms with E-state index < -0.39 is 5.97 Å². The van der Waals surface area contributed by atoms with Crippen LogP contribution in [0.15, 0.2) is 80.4 Å². The van der Waals surface area contributed by atoms with Crippen LogP contribution in [0.4, 0.5) is 0 Å². The molecule has 0 bridgehead atoms. The minimum Gasteiger partial charge on any atom is -0.494 e. The van der Waals surface area contributed by atoms with Gasteiger partial charge < -0.3 is 19.0 Å². The molecule has 2 aromatic rings. The molecule has 6 nitrogen and oxygen atoms in total. The molecule has 234 valence electrons. The van der Waals surface area contributed by atoms with Crippen molar-refractivity contribution in [2.45, 2.75) is 86.5 Å². The highest BCUT2D eigenvalue weighted by Crippen LogP contribution is 2.19. The summed E-state index contributed by atoms with van der Waals surface area (Å²) in [5.74, 6) is 0.483. The summed E-state index contributed by atoms with van der Waals surface area (Å²) >= 11 is 0. The van der Waals surface area contributed by atoms with Gasteiger partial charge >= 0.3 is 11.9 Å². The SMILES string of the molecule is C=CC(=O)OCCCCCCOc1ccc(C(=O)Oc2ccc(C)c(C)c2)cc1.C=CC=C.C=O.CC.CCCCC. The first-order valence-electron chi connectivity index (χ1n) is 14.7. The maximum absolute atomic E-state index is 12.3. The molecule has 0 aromatic heterocycles. The van der Waals surface area contributed by atoms with Crippen molar-refractivity contribution in [2.24, 2.45) is 0 Å². The number of hydrogen-bond acceptors (Lipinski definition) is 6. The van der Waals surface area contributed by atoms with Crippen LogP contribution in [0.5, 0.6) is 11.5 Å². The van der Waals surface area contributed by atoms with E-state index in [0.717, 1.165) is 36.8 Å². The quantitative estimate of drug-likeness (QED) is 0.0725. The summed E-state index contributed by atoms with van der Waals surface area (Å²) < 4.78 is 16.0. The number of hydrogen-bond donors (Lipinski definition) is 0. The van der Waals surface area contributed by atoms with Crippen LogP contribution in [0.1, 0.15) is 94.1 Å². The largest absolute Gasteiger partial charge is 0.494 e. The van der Waals surface area contributed by atoms with Crippen LogP contribution in [-0.4, -0.2) is 31.9 Å². The highest BCUT2D eigenvalue weighted by Gasteiger charge is 2.09. The number of carbonyl (C=O) groups excluding carboxylic acids is 3. The zero-order valence-electron chi connectivity index (χ0n) is 26.9. The average Bonchev–Trinajstić information content (AvgIpc) is 3.03. The number of esters is 2. The third kappa shape index (κ3) is 23.9. The summed E-state index contributed by atoms with van der Waals surface area (Å²) in [5, 5.41) is 0. The van der Waals surface area contributed by atoms with Crippen molar-refractivity contribution in [1.29, 1.82) is 0 Å². The fourth-order valence-corrected chi connectivity index (χ4v) is 2.96. The molecule has 0 aliphatic heterocycles. The number of benzene rings is 2. The Morgan fingerprint density at radius 3 is 1.69 bits per heavy atom. The normalized spacial score (nSPS) is 8.81. The van der Waals surface area contributed by atoms with Gasteiger partial charge in [0.15, 0.2) is 0 Å². The fourth-order valence-electron chi connectivity index (χ4n) is 2.96. The Balaban J connectivity index is -0.000000992. The summed E-state index contributed by atoms with van der Waals surface area (Å²) in [6.45, 7) is 25.5. The first-order chi connectivity index (χ1) is 20.3. The van der Waals surface area contributed by atoms with Gasteiger partial charge in [0.05, 0.1) is 18.8 Å². The molecular weight excluding hydrogens is 528 g/mol. The highest BCUT2D eigenvalue weighted by atomic mass is 16.5. The van der Waals surface area contributed by atoms with Gasteiger partial charge in [0, 0.05) is 6.08 Å². The van der Waals surface area contributed by atoms with E-state index in [1.807, 2.05) is 46.6 Å². The zero-order chi connectivity index (χ0) is 32.6. The van der Waals surface area contributed by atoms with E-state index in [-0.39, 0.29) is 5.97 Å². The highest BCUT2D eigenvalue weighted by molar-refractivity contribution is 5.91. The van der Waals surface area contributed by atoms with Crippen molar-refractivity contribution < 1.29 is 28.6 Å². The van der Waals surface area contributed by atoms with E-state index >= 15 is 0 Å². The molecule has 42 heavy (non-hydrogen) atoms. The molecule has 2 rings (SSSR count). The Morgan fingerprint density at radius 1 is 0.714 bits per heavy atom. The summed E-state index contributed by atoms with van der Waals surface area (Å²) in [6.07, 6.45) is 12.2. The molecule has 0 aliphatic rings. The minimum absolute atomic E-state index is 0.380. The van der Waals surface area contributed by atoms with Gasteiger partial charge in [0.25, 0.3) is 0 Å². The van der Waals surface area contributed by atoms with Crippen LogP contribution in [-0.2, 0) is 14.3 Å². The average molecular weight is 583 g/mol. The predicted molar refractivity (Wildman–Crippen MR) is 176 cm³/mol. The zero-order valence-corrected chi connectivity index (χ0v) is 26.9. The summed E-state index contributed by atoms with van der Waals surface area (Å²) in [5.41, 5.74) is 2.71. The molecule has 0 unspecified atom stereocenters. The fraction of sp³-hybridized carbons (Fsp3) is 0.417. The molecule has 0 amide bonds. The maximum atomic E-state index is 12.3. The second-order valence-electron chi connectivity index (χ2n) is 8.62. The van der Waals surface area contributed by atoms with E-state index in [2.05, 4.69) is 33.6 Å². The van der Waals surface area contributed by atoms with Crippen LogP contribution < -0.4 is 9.47 Å². The molecule has 0 fully saturated rings. The van der Waals surface area contributed by atoms with Gasteiger partial charge in [0.2, 0.25) is 0 Å². The molecule has 2 aromatic carbocycles. The van der Waals surface area contributed by atoms with E-state index in [4.69, 9.17) is 19.0 Å². The van der Waals surface area contributed by atoms with E-state index in [0.29, 0.717) is 30.3 Å². The first-order valence-corrected chi connectivity index (χ1v) is 14.7. The second-order valence-corrected chi connectivity index (χ2v) is 8.62. The predicted octanol–water partition coefficient (Wildman–Crippen LogP) is 9.59. The van der Waals surface area contributed by atoms with Crippen LogP contribution in [0.25, 0.3) is 0 Å². The monoisotopic (exact) mass is 582 g/mol. The van der Waals surface area contributed by atoms with Crippen molar-refractivity contribution >= 4 is 18.7 Å². The molecule has 0 aliphatic carbocycles. The van der Waals surface area contributed by atoms with E-state index in [9.17, 15) is 9.59 Å². The van der Waals surface area contributed by atoms with Gasteiger partial charge in [-0.1, -0.05) is 84.9 Å². The lowest BCUT2D eigenvalue weighted by Gasteiger charge is -2.09. The topological polar surface area (TPSA) is 78.9 Å². The number of allylic oxidation sites excluding steroid dienone is 2. The minimum atomic E-state index is -0.392. The molecule has 0 saturated heterocycles. The number of unbranched alkanes of at least 4 members (excludes halogenated alkanes) is 5. The Bertz CT molecular complexity index is 971.